The summed E-state index contributed by atoms with van der Waals surface area (Å²) in [6.45, 7) is 2.24. The zero-order valence-electron chi connectivity index (χ0n) is 11.6. The lowest BCUT2D eigenvalue weighted by Gasteiger charge is -2.27. The van der Waals surface area contributed by atoms with Gasteiger partial charge in [0.25, 0.3) is 0 Å². The molecule has 2 saturated carbocycles. The summed E-state index contributed by atoms with van der Waals surface area (Å²) >= 11 is 3.52. The zero-order valence-corrected chi connectivity index (χ0v) is 13.2. The largest absolute Gasteiger partial charge is 0.399 e. The molecule has 1 aromatic rings. The summed E-state index contributed by atoms with van der Waals surface area (Å²) in [6.07, 6.45) is 5.94. The Kier molecular flexibility index (Phi) is 3.86. The highest BCUT2D eigenvalue weighted by atomic mass is 79.9. The smallest absolute Gasteiger partial charge is 0.0328 e. The van der Waals surface area contributed by atoms with Crippen molar-refractivity contribution in [2.45, 2.75) is 32.2 Å². The van der Waals surface area contributed by atoms with E-state index < -0.39 is 0 Å². The zero-order chi connectivity index (χ0) is 13.4. The van der Waals surface area contributed by atoms with Gasteiger partial charge in [-0.15, -0.1) is 0 Å². The van der Waals surface area contributed by atoms with Crippen LogP contribution in [0.4, 0.5) is 5.69 Å². The number of benzene rings is 1. The van der Waals surface area contributed by atoms with Crippen LogP contribution in [0.25, 0.3) is 0 Å². The molecule has 0 aliphatic heterocycles. The number of nitrogens with zero attached hydrogens (tertiary/aromatic N) is 1. The monoisotopic (exact) mass is 322 g/mol. The van der Waals surface area contributed by atoms with Crippen molar-refractivity contribution < 1.29 is 0 Å². The highest BCUT2D eigenvalue weighted by molar-refractivity contribution is 9.10. The summed E-state index contributed by atoms with van der Waals surface area (Å²) in [4.78, 5) is 2.46. The number of hydrogen-bond acceptors (Lipinski definition) is 2. The maximum atomic E-state index is 5.90. The molecule has 104 valence electrons. The van der Waals surface area contributed by atoms with E-state index in [2.05, 4.69) is 40.0 Å². The molecule has 1 aromatic carbocycles. The molecule has 0 heterocycles. The number of anilines is 1. The van der Waals surface area contributed by atoms with E-state index in [1.807, 2.05) is 6.07 Å². The van der Waals surface area contributed by atoms with Crippen LogP contribution in [-0.4, -0.2) is 18.5 Å². The van der Waals surface area contributed by atoms with E-state index in [-0.39, 0.29) is 0 Å². The Labute approximate surface area is 124 Å². The maximum absolute atomic E-state index is 5.90. The Morgan fingerprint density at radius 1 is 1.26 bits per heavy atom. The van der Waals surface area contributed by atoms with E-state index in [0.717, 1.165) is 34.5 Å². The first-order chi connectivity index (χ1) is 9.10. The van der Waals surface area contributed by atoms with E-state index in [0.29, 0.717) is 0 Å². The highest BCUT2D eigenvalue weighted by Gasteiger charge is 2.39. The first kappa shape index (κ1) is 13.4. The molecule has 3 heteroatoms. The second kappa shape index (κ2) is 5.45. The topological polar surface area (TPSA) is 29.3 Å². The van der Waals surface area contributed by atoms with Crippen molar-refractivity contribution in [2.75, 3.05) is 19.3 Å². The van der Waals surface area contributed by atoms with Gasteiger partial charge in [-0.3, -0.25) is 0 Å². The van der Waals surface area contributed by atoms with Crippen molar-refractivity contribution in [1.82, 2.24) is 4.90 Å². The van der Waals surface area contributed by atoms with E-state index in [1.54, 1.807) is 0 Å². The van der Waals surface area contributed by atoms with Crippen LogP contribution in [0.3, 0.4) is 0 Å². The lowest BCUT2D eigenvalue weighted by Crippen LogP contribution is -2.28. The van der Waals surface area contributed by atoms with Crippen molar-refractivity contribution in [3.8, 4) is 0 Å². The minimum Gasteiger partial charge on any atom is -0.399 e. The third-order valence-electron chi connectivity index (χ3n) is 4.86. The van der Waals surface area contributed by atoms with E-state index in [9.17, 15) is 0 Å². The van der Waals surface area contributed by atoms with Gasteiger partial charge in [0.15, 0.2) is 0 Å². The molecule has 3 atom stereocenters. The van der Waals surface area contributed by atoms with E-state index in [4.69, 9.17) is 5.73 Å². The molecule has 2 fully saturated rings. The van der Waals surface area contributed by atoms with Gasteiger partial charge in [-0.2, -0.15) is 0 Å². The molecule has 19 heavy (non-hydrogen) atoms. The summed E-state index contributed by atoms with van der Waals surface area (Å²) in [5.74, 6) is 3.00. The van der Waals surface area contributed by atoms with Crippen molar-refractivity contribution in [2.24, 2.45) is 17.8 Å². The molecule has 2 bridgehead atoms. The maximum Gasteiger partial charge on any atom is 0.0328 e. The lowest BCUT2D eigenvalue weighted by atomic mass is 9.88. The molecular formula is C16H23BrN2. The first-order valence-corrected chi connectivity index (χ1v) is 8.13. The molecular weight excluding hydrogens is 300 g/mol. The molecule has 0 amide bonds. The van der Waals surface area contributed by atoms with Gasteiger partial charge in [0.2, 0.25) is 0 Å². The van der Waals surface area contributed by atoms with Gasteiger partial charge in [0, 0.05) is 23.2 Å². The molecule has 0 saturated heterocycles. The normalized spacial score (nSPS) is 29.3. The average molecular weight is 323 g/mol. The van der Waals surface area contributed by atoms with Gasteiger partial charge in [0.1, 0.15) is 0 Å². The van der Waals surface area contributed by atoms with Crippen LogP contribution >= 0.6 is 15.9 Å². The standard InChI is InChI=1S/C16H23BrN2/c1-19(9-12-6-15(17)8-16(18)7-12)10-14-5-11-2-3-13(14)4-11/h6-8,11,13-14H,2-5,9-10,18H2,1H3. The van der Waals surface area contributed by atoms with Crippen LogP contribution in [0.5, 0.6) is 0 Å². The molecule has 2 aliphatic carbocycles. The van der Waals surface area contributed by atoms with Crippen molar-refractivity contribution in [1.29, 1.82) is 0 Å². The van der Waals surface area contributed by atoms with Gasteiger partial charge in [-0.05, 0) is 67.8 Å². The number of nitrogen functional groups attached to an aromatic ring is 1. The predicted octanol–water partition coefficient (Wildman–Crippen LogP) is 3.90. The Morgan fingerprint density at radius 3 is 2.74 bits per heavy atom. The third-order valence-corrected chi connectivity index (χ3v) is 5.32. The molecule has 3 unspecified atom stereocenters. The molecule has 3 rings (SSSR count). The molecule has 0 spiro atoms. The SMILES string of the molecule is CN(Cc1cc(N)cc(Br)c1)CC1CC2CCC1C2. The first-order valence-electron chi connectivity index (χ1n) is 7.33. The molecule has 2 aliphatic rings. The molecule has 2 nitrogen and oxygen atoms in total. The van der Waals surface area contributed by atoms with Gasteiger partial charge < -0.3 is 10.6 Å². The quantitative estimate of drug-likeness (QED) is 0.852. The van der Waals surface area contributed by atoms with Crippen LogP contribution in [-0.2, 0) is 6.54 Å². The fraction of sp³-hybridized carbons (Fsp3) is 0.625. The summed E-state index contributed by atoms with van der Waals surface area (Å²) in [5.41, 5.74) is 8.05. The second-order valence-corrected chi connectivity index (χ2v) is 7.44. The third kappa shape index (κ3) is 3.14. The molecule has 2 N–H and O–H groups in total. The Morgan fingerprint density at radius 2 is 2.11 bits per heavy atom. The highest BCUT2D eigenvalue weighted by Crippen LogP contribution is 2.48. The fourth-order valence-corrected chi connectivity index (χ4v) is 4.70. The number of rotatable bonds is 4. The van der Waals surface area contributed by atoms with Gasteiger partial charge >= 0.3 is 0 Å². The Balaban J connectivity index is 1.57. The summed E-state index contributed by atoms with van der Waals surface area (Å²) in [5, 5.41) is 0. The number of nitrogens with two attached hydrogens (primary N) is 1. The summed E-state index contributed by atoms with van der Waals surface area (Å²) in [7, 11) is 2.24. The van der Waals surface area contributed by atoms with E-state index in [1.165, 1.54) is 37.8 Å². The van der Waals surface area contributed by atoms with Crippen LogP contribution in [0.15, 0.2) is 22.7 Å². The predicted molar refractivity (Wildman–Crippen MR) is 83.8 cm³/mol. The van der Waals surface area contributed by atoms with Crippen LogP contribution in [0, 0.1) is 17.8 Å². The van der Waals surface area contributed by atoms with Crippen molar-refractivity contribution in [3.63, 3.8) is 0 Å². The minimum absolute atomic E-state index is 0.845. The van der Waals surface area contributed by atoms with Gasteiger partial charge in [-0.25, -0.2) is 0 Å². The Bertz CT molecular complexity index is 440. The van der Waals surface area contributed by atoms with E-state index >= 15 is 0 Å². The molecule has 0 aromatic heterocycles. The minimum atomic E-state index is 0.845. The molecule has 0 radical (unpaired) electrons. The van der Waals surface area contributed by atoms with Crippen molar-refractivity contribution >= 4 is 21.6 Å². The van der Waals surface area contributed by atoms with Gasteiger partial charge in [0.05, 0.1) is 0 Å². The second-order valence-electron chi connectivity index (χ2n) is 6.52. The van der Waals surface area contributed by atoms with Crippen LogP contribution < -0.4 is 5.73 Å². The summed E-state index contributed by atoms with van der Waals surface area (Å²) in [6, 6.07) is 6.22. The van der Waals surface area contributed by atoms with Gasteiger partial charge in [-0.1, -0.05) is 22.4 Å². The number of hydrogen-bond donors (Lipinski definition) is 1. The van der Waals surface area contributed by atoms with Crippen LogP contribution in [0.1, 0.15) is 31.2 Å². The number of fused-ring (bicyclic) bond motifs is 2. The lowest BCUT2D eigenvalue weighted by molar-refractivity contribution is 0.214. The summed E-state index contributed by atoms with van der Waals surface area (Å²) < 4.78 is 1.08. The van der Waals surface area contributed by atoms with Crippen LogP contribution in [0.2, 0.25) is 0 Å². The average Bonchev–Trinajstić information content (AvgIpc) is 2.88. The Hall–Kier alpha value is -0.540. The number of halogens is 1. The fourth-order valence-electron chi connectivity index (χ4n) is 4.14. The van der Waals surface area contributed by atoms with Crippen molar-refractivity contribution in [3.05, 3.63) is 28.2 Å².